The third kappa shape index (κ3) is 3.25. The van der Waals surface area contributed by atoms with Crippen molar-refractivity contribution in [3.05, 3.63) is 0 Å². The second-order valence-electron chi connectivity index (χ2n) is 4.94. The van der Waals surface area contributed by atoms with Gasteiger partial charge in [0.25, 0.3) is 0 Å². The summed E-state index contributed by atoms with van der Waals surface area (Å²) in [6, 6.07) is 1.46. The van der Waals surface area contributed by atoms with Crippen molar-refractivity contribution in [1.82, 2.24) is 10.2 Å². The zero-order chi connectivity index (χ0) is 10.6. The Morgan fingerprint density at radius 3 is 2.64 bits per heavy atom. The van der Waals surface area contributed by atoms with Crippen LogP contribution < -0.4 is 5.32 Å². The van der Waals surface area contributed by atoms with Gasteiger partial charge >= 0.3 is 0 Å². The molecule has 14 heavy (non-hydrogen) atoms. The summed E-state index contributed by atoms with van der Waals surface area (Å²) in [6.45, 7) is 12.9. The van der Waals surface area contributed by atoms with E-state index < -0.39 is 0 Å². The number of nitrogens with zero attached hydrogens (tertiary/aromatic N) is 1. The summed E-state index contributed by atoms with van der Waals surface area (Å²) in [6.07, 6.45) is 2.64. The van der Waals surface area contributed by atoms with Crippen LogP contribution in [0.4, 0.5) is 0 Å². The predicted molar refractivity (Wildman–Crippen MR) is 62.6 cm³/mol. The van der Waals surface area contributed by atoms with Crippen molar-refractivity contribution < 1.29 is 0 Å². The van der Waals surface area contributed by atoms with Crippen LogP contribution in [-0.4, -0.2) is 36.6 Å². The Bertz CT molecular complexity index is 156. The third-order valence-electron chi connectivity index (χ3n) is 3.37. The molecule has 0 aromatic carbocycles. The van der Waals surface area contributed by atoms with Gasteiger partial charge in [-0.15, -0.1) is 0 Å². The first kappa shape index (κ1) is 12.0. The third-order valence-corrected chi connectivity index (χ3v) is 3.37. The van der Waals surface area contributed by atoms with Gasteiger partial charge in [0.1, 0.15) is 0 Å². The molecule has 1 N–H and O–H groups in total. The molecule has 0 amide bonds. The minimum Gasteiger partial charge on any atom is -0.311 e. The molecule has 1 aliphatic rings. The van der Waals surface area contributed by atoms with Gasteiger partial charge in [0.15, 0.2) is 0 Å². The molecule has 1 heterocycles. The highest BCUT2D eigenvalue weighted by Gasteiger charge is 2.24. The molecule has 2 unspecified atom stereocenters. The number of piperazine rings is 1. The molecule has 2 nitrogen and oxygen atoms in total. The van der Waals surface area contributed by atoms with E-state index in [1.807, 2.05) is 0 Å². The molecule has 0 radical (unpaired) electrons. The van der Waals surface area contributed by atoms with Gasteiger partial charge in [-0.1, -0.05) is 27.2 Å². The fraction of sp³-hybridized carbons (Fsp3) is 1.00. The van der Waals surface area contributed by atoms with Gasteiger partial charge in [-0.25, -0.2) is 0 Å². The highest BCUT2D eigenvalue weighted by Crippen LogP contribution is 2.13. The SMILES string of the molecule is CCCC(C)N1CCNC(C(C)C)C1. The first-order chi connectivity index (χ1) is 6.65. The molecule has 84 valence electrons. The summed E-state index contributed by atoms with van der Waals surface area (Å²) >= 11 is 0. The maximum absolute atomic E-state index is 3.60. The van der Waals surface area contributed by atoms with Crippen LogP contribution >= 0.6 is 0 Å². The zero-order valence-corrected chi connectivity index (χ0v) is 10.2. The summed E-state index contributed by atoms with van der Waals surface area (Å²) in [7, 11) is 0. The molecule has 2 heteroatoms. The number of nitrogens with one attached hydrogen (secondary N) is 1. The van der Waals surface area contributed by atoms with Crippen molar-refractivity contribution >= 4 is 0 Å². The van der Waals surface area contributed by atoms with Crippen LogP contribution in [0.3, 0.4) is 0 Å². The molecular formula is C12H26N2. The Kier molecular flexibility index (Phi) is 4.90. The fourth-order valence-corrected chi connectivity index (χ4v) is 2.25. The van der Waals surface area contributed by atoms with Crippen LogP contribution in [-0.2, 0) is 0 Å². The van der Waals surface area contributed by atoms with Crippen LogP contribution in [0, 0.1) is 5.92 Å². The monoisotopic (exact) mass is 198 g/mol. The second-order valence-corrected chi connectivity index (χ2v) is 4.94. The Hall–Kier alpha value is -0.0800. The summed E-state index contributed by atoms with van der Waals surface area (Å²) in [5.74, 6) is 0.756. The Morgan fingerprint density at radius 1 is 1.36 bits per heavy atom. The van der Waals surface area contributed by atoms with Gasteiger partial charge in [0, 0.05) is 31.7 Å². The molecule has 1 fully saturated rings. The van der Waals surface area contributed by atoms with Crippen molar-refractivity contribution in [2.24, 2.45) is 5.92 Å². The van der Waals surface area contributed by atoms with Crippen LogP contribution in [0.1, 0.15) is 40.5 Å². The largest absolute Gasteiger partial charge is 0.311 e. The molecular weight excluding hydrogens is 172 g/mol. The van der Waals surface area contributed by atoms with Gasteiger partial charge in [-0.2, -0.15) is 0 Å². The van der Waals surface area contributed by atoms with Crippen LogP contribution in [0.25, 0.3) is 0 Å². The van der Waals surface area contributed by atoms with Gasteiger partial charge in [-0.3, -0.25) is 4.90 Å². The van der Waals surface area contributed by atoms with E-state index in [2.05, 4.69) is 37.9 Å². The summed E-state index contributed by atoms with van der Waals surface area (Å²) in [5, 5.41) is 3.60. The number of hydrogen-bond donors (Lipinski definition) is 1. The first-order valence-corrected chi connectivity index (χ1v) is 6.12. The maximum Gasteiger partial charge on any atom is 0.0218 e. The smallest absolute Gasteiger partial charge is 0.0218 e. The molecule has 0 spiro atoms. The zero-order valence-electron chi connectivity index (χ0n) is 10.2. The Labute approximate surface area is 89.1 Å². The van der Waals surface area contributed by atoms with Crippen molar-refractivity contribution in [2.75, 3.05) is 19.6 Å². The van der Waals surface area contributed by atoms with Gasteiger partial charge in [0.2, 0.25) is 0 Å². The van der Waals surface area contributed by atoms with Crippen molar-refractivity contribution in [3.8, 4) is 0 Å². The first-order valence-electron chi connectivity index (χ1n) is 6.12. The molecule has 0 saturated carbocycles. The lowest BCUT2D eigenvalue weighted by Gasteiger charge is -2.39. The molecule has 1 aliphatic heterocycles. The summed E-state index contributed by atoms with van der Waals surface area (Å²) in [5.41, 5.74) is 0. The fourth-order valence-electron chi connectivity index (χ4n) is 2.25. The molecule has 0 aliphatic carbocycles. The van der Waals surface area contributed by atoms with Gasteiger partial charge < -0.3 is 5.32 Å². The Balaban J connectivity index is 2.39. The standard InChI is InChI=1S/C12H26N2/c1-5-6-11(4)14-8-7-13-12(9-14)10(2)3/h10-13H,5-9H2,1-4H3. The van der Waals surface area contributed by atoms with Crippen molar-refractivity contribution in [3.63, 3.8) is 0 Å². The van der Waals surface area contributed by atoms with E-state index in [4.69, 9.17) is 0 Å². The molecule has 1 saturated heterocycles. The van der Waals surface area contributed by atoms with Crippen molar-refractivity contribution in [2.45, 2.75) is 52.6 Å². The van der Waals surface area contributed by atoms with Crippen LogP contribution in [0.5, 0.6) is 0 Å². The number of hydrogen-bond acceptors (Lipinski definition) is 2. The topological polar surface area (TPSA) is 15.3 Å². The minimum atomic E-state index is 0.697. The molecule has 0 bridgehead atoms. The average molecular weight is 198 g/mol. The van der Waals surface area contributed by atoms with E-state index in [1.54, 1.807) is 0 Å². The molecule has 2 atom stereocenters. The minimum absolute atomic E-state index is 0.697. The van der Waals surface area contributed by atoms with E-state index in [-0.39, 0.29) is 0 Å². The summed E-state index contributed by atoms with van der Waals surface area (Å²) < 4.78 is 0. The van der Waals surface area contributed by atoms with E-state index in [0.29, 0.717) is 6.04 Å². The highest BCUT2D eigenvalue weighted by atomic mass is 15.2. The average Bonchev–Trinajstić information content (AvgIpc) is 2.18. The van der Waals surface area contributed by atoms with Crippen LogP contribution in [0.15, 0.2) is 0 Å². The van der Waals surface area contributed by atoms with E-state index in [1.165, 1.54) is 25.9 Å². The lowest BCUT2D eigenvalue weighted by Crippen LogP contribution is -2.55. The summed E-state index contributed by atoms with van der Waals surface area (Å²) in [4.78, 5) is 2.64. The highest BCUT2D eigenvalue weighted by molar-refractivity contribution is 4.83. The molecule has 0 aromatic rings. The van der Waals surface area contributed by atoms with Crippen molar-refractivity contribution in [1.29, 1.82) is 0 Å². The maximum atomic E-state index is 3.60. The van der Waals surface area contributed by atoms with E-state index in [0.717, 1.165) is 18.5 Å². The Morgan fingerprint density at radius 2 is 2.07 bits per heavy atom. The molecule has 0 aromatic heterocycles. The second kappa shape index (κ2) is 5.72. The lowest BCUT2D eigenvalue weighted by molar-refractivity contribution is 0.129. The van der Waals surface area contributed by atoms with E-state index >= 15 is 0 Å². The number of rotatable bonds is 4. The van der Waals surface area contributed by atoms with E-state index in [9.17, 15) is 0 Å². The molecule has 1 rings (SSSR count). The normalized spacial score (nSPS) is 26.8. The van der Waals surface area contributed by atoms with Crippen LogP contribution in [0.2, 0.25) is 0 Å². The quantitative estimate of drug-likeness (QED) is 0.744. The predicted octanol–water partition coefficient (Wildman–Crippen LogP) is 2.10. The van der Waals surface area contributed by atoms with Gasteiger partial charge in [0.05, 0.1) is 0 Å². The lowest BCUT2D eigenvalue weighted by atomic mass is 10.0. The van der Waals surface area contributed by atoms with Gasteiger partial charge in [-0.05, 0) is 19.3 Å².